The lowest BCUT2D eigenvalue weighted by Gasteiger charge is -2.18. The van der Waals surface area contributed by atoms with Gasteiger partial charge in [-0.2, -0.15) is 0 Å². The number of hydrogen-bond donors (Lipinski definition) is 1. The zero-order valence-corrected chi connectivity index (χ0v) is 12.0. The van der Waals surface area contributed by atoms with Crippen LogP contribution in [0.25, 0.3) is 0 Å². The summed E-state index contributed by atoms with van der Waals surface area (Å²) in [7, 11) is 1.79. The van der Waals surface area contributed by atoms with Gasteiger partial charge in [-0.1, -0.05) is 29.8 Å². The van der Waals surface area contributed by atoms with Crippen LogP contribution in [0.5, 0.6) is 0 Å². The maximum absolute atomic E-state index is 14.0. The molecular formula is C17H19F2N. The van der Waals surface area contributed by atoms with Gasteiger partial charge in [0.1, 0.15) is 11.6 Å². The van der Waals surface area contributed by atoms with Crippen LogP contribution in [-0.2, 0) is 6.42 Å². The second kappa shape index (κ2) is 6.14. The largest absolute Gasteiger partial charge is 0.313 e. The van der Waals surface area contributed by atoms with Crippen molar-refractivity contribution in [1.82, 2.24) is 5.32 Å². The van der Waals surface area contributed by atoms with Crippen LogP contribution in [-0.4, -0.2) is 7.05 Å². The summed E-state index contributed by atoms with van der Waals surface area (Å²) >= 11 is 0. The van der Waals surface area contributed by atoms with E-state index < -0.39 is 11.6 Å². The van der Waals surface area contributed by atoms with Crippen molar-refractivity contribution in [2.45, 2.75) is 26.3 Å². The van der Waals surface area contributed by atoms with Gasteiger partial charge in [-0.05, 0) is 44.5 Å². The molecule has 2 aromatic rings. The second-order valence-corrected chi connectivity index (χ2v) is 5.15. The predicted octanol–water partition coefficient (Wildman–Crippen LogP) is 4.08. The zero-order valence-electron chi connectivity index (χ0n) is 12.0. The van der Waals surface area contributed by atoms with Gasteiger partial charge in [-0.3, -0.25) is 0 Å². The minimum Gasteiger partial charge on any atom is -0.313 e. The number of hydrogen-bond acceptors (Lipinski definition) is 1. The van der Waals surface area contributed by atoms with E-state index in [2.05, 4.69) is 5.32 Å². The van der Waals surface area contributed by atoms with Gasteiger partial charge in [-0.25, -0.2) is 8.78 Å². The first-order valence-corrected chi connectivity index (χ1v) is 6.69. The predicted molar refractivity (Wildman–Crippen MR) is 77.8 cm³/mol. The molecule has 20 heavy (non-hydrogen) atoms. The van der Waals surface area contributed by atoms with E-state index in [1.54, 1.807) is 20.0 Å². The van der Waals surface area contributed by atoms with E-state index >= 15 is 0 Å². The van der Waals surface area contributed by atoms with Gasteiger partial charge in [-0.15, -0.1) is 0 Å². The lowest BCUT2D eigenvalue weighted by molar-refractivity contribution is 0.519. The second-order valence-electron chi connectivity index (χ2n) is 5.15. The molecule has 1 N–H and O–H groups in total. The van der Waals surface area contributed by atoms with Crippen LogP contribution >= 0.6 is 0 Å². The molecule has 0 amide bonds. The van der Waals surface area contributed by atoms with E-state index in [-0.39, 0.29) is 6.04 Å². The molecule has 0 aliphatic rings. The van der Waals surface area contributed by atoms with Crippen LogP contribution in [0.4, 0.5) is 8.78 Å². The molecule has 0 bridgehead atoms. The van der Waals surface area contributed by atoms with Crippen LogP contribution in [0, 0.1) is 25.5 Å². The van der Waals surface area contributed by atoms with Crippen molar-refractivity contribution in [2.24, 2.45) is 0 Å². The fourth-order valence-electron chi connectivity index (χ4n) is 2.27. The van der Waals surface area contributed by atoms with Crippen LogP contribution in [0.3, 0.4) is 0 Å². The molecule has 2 aromatic carbocycles. The standard InChI is InChI=1S/C17H19F2N/c1-11-4-6-13(7-5-11)9-17(20-3)14-8-12(2)15(18)10-16(14)19/h4-8,10,17,20H,9H2,1-3H3. The molecule has 3 heteroatoms. The molecule has 0 spiro atoms. The molecule has 1 atom stereocenters. The van der Waals surface area contributed by atoms with Crippen molar-refractivity contribution in [2.75, 3.05) is 7.05 Å². The van der Waals surface area contributed by atoms with Crippen LogP contribution < -0.4 is 5.32 Å². The van der Waals surface area contributed by atoms with Crippen molar-refractivity contribution in [1.29, 1.82) is 0 Å². The zero-order chi connectivity index (χ0) is 14.7. The molecule has 0 fully saturated rings. The molecule has 0 saturated carbocycles. The Morgan fingerprint density at radius 2 is 1.65 bits per heavy atom. The molecule has 0 heterocycles. The Hall–Kier alpha value is -1.74. The monoisotopic (exact) mass is 275 g/mol. The molecule has 106 valence electrons. The average molecular weight is 275 g/mol. The highest BCUT2D eigenvalue weighted by Gasteiger charge is 2.16. The van der Waals surface area contributed by atoms with E-state index in [1.807, 2.05) is 31.2 Å². The third kappa shape index (κ3) is 3.23. The molecular weight excluding hydrogens is 256 g/mol. The quantitative estimate of drug-likeness (QED) is 0.886. The summed E-state index contributed by atoms with van der Waals surface area (Å²) in [5.74, 6) is -1.00. The summed E-state index contributed by atoms with van der Waals surface area (Å²) in [5.41, 5.74) is 3.28. The topological polar surface area (TPSA) is 12.0 Å². The maximum atomic E-state index is 14.0. The number of rotatable bonds is 4. The Balaban J connectivity index is 2.28. The van der Waals surface area contributed by atoms with Gasteiger partial charge in [0.15, 0.2) is 0 Å². The Labute approximate surface area is 118 Å². The van der Waals surface area contributed by atoms with Crippen molar-refractivity contribution in [3.63, 3.8) is 0 Å². The first kappa shape index (κ1) is 14.7. The molecule has 1 unspecified atom stereocenters. The average Bonchev–Trinajstić information content (AvgIpc) is 2.43. The summed E-state index contributed by atoms with van der Waals surface area (Å²) in [4.78, 5) is 0. The van der Waals surface area contributed by atoms with Crippen LogP contribution in [0.15, 0.2) is 36.4 Å². The van der Waals surface area contributed by atoms with Crippen molar-refractivity contribution in [3.05, 3.63) is 70.3 Å². The highest BCUT2D eigenvalue weighted by molar-refractivity contribution is 5.30. The van der Waals surface area contributed by atoms with Crippen molar-refractivity contribution >= 4 is 0 Å². The third-order valence-corrected chi connectivity index (χ3v) is 3.56. The number of benzene rings is 2. The van der Waals surface area contributed by atoms with E-state index in [9.17, 15) is 8.78 Å². The summed E-state index contributed by atoms with van der Waals surface area (Å²) in [6.07, 6.45) is 0.665. The molecule has 0 aliphatic heterocycles. The van der Waals surface area contributed by atoms with Crippen molar-refractivity contribution in [3.8, 4) is 0 Å². The van der Waals surface area contributed by atoms with Gasteiger partial charge >= 0.3 is 0 Å². The fraction of sp³-hybridized carbons (Fsp3) is 0.294. The molecule has 1 nitrogen and oxygen atoms in total. The minimum absolute atomic E-state index is 0.169. The molecule has 0 saturated heterocycles. The number of likely N-dealkylation sites (N-methyl/N-ethyl adjacent to an activating group) is 1. The third-order valence-electron chi connectivity index (χ3n) is 3.56. The van der Waals surface area contributed by atoms with E-state index in [1.165, 1.54) is 5.56 Å². The van der Waals surface area contributed by atoms with E-state index in [4.69, 9.17) is 0 Å². The normalized spacial score (nSPS) is 12.4. The fourth-order valence-corrected chi connectivity index (χ4v) is 2.27. The molecule has 0 radical (unpaired) electrons. The number of nitrogens with one attached hydrogen (secondary N) is 1. The highest BCUT2D eigenvalue weighted by atomic mass is 19.1. The summed E-state index contributed by atoms with van der Waals surface area (Å²) in [6, 6.07) is 10.5. The smallest absolute Gasteiger partial charge is 0.130 e. The number of halogens is 2. The summed E-state index contributed by atoms with van der Waals surface area (Å²) in [6.45, 7) is 3.68. The summed E-state index contributed by atoms with van der Waals surface area (Å²) in [5, 5.41) is 3.11. The number of aryl methyl sites for hydroxylation is 2. The molecule has 0 aromatic heterocycles. The Morgan fingerprint density at radius 1 is 1.00 bits per heavy atom. The Bertz CT molecular complexity index is 591. The first-order chi connectivity index (χ1) is 9.51. The first-order valence-electron chi connectivity index (χ1n) is 6.69. The van der Waals surface area contributed by atoms with Gasteiger partial charge in [0.25, 0.3) is 0 Å². The summed E-state index contributed by atoms with van der Waals surface area (Å²) < 4.78 is 27.3. The van der Waals surface area contributed by atoms with E-state index in [0.717, 1.165) is 11.6 Å². The van der Waals surface area contributed by atoms with Gasteiger partial charge in [0.2, 0.25) is 0 Å². The SMILES string of the molecule is CNC(Cc1ccc(C)cc1)c1cc(C)c(F)cc1F. The minimum atomic E-state index is -0.503. The Kier molecular flexibility index (Phi) is 4.50. The van der Waals surface area contributed by atoms with Gasteiger partial charge in [0, 0.05) is 17.7 Å². The van der Waals surface area contributed by atoms with Crippen molar-refractivity contribution < 1.29 is 8.78 Å². The van der Waals surface area contributed by atoms with Gasteiger partial charge in [0.05, 0.1) is 0 Å². The van der Waals surface area contributed by atoms with Crippen LogP contribution in [0.2, 0.25) is 0 Å². The Morgan fingerprint density at radius 3 is 2.25 bits per heavy atom. The lowest BCUT2D eigenvalue weighted by Crippen LogP contribution is -2.20. The molecule has 2 rings (SSSR count). The van der Waals surface area contributed by atoms with E-state index in [0.29, 0.717) is 17.5 Å². The lowest BCUT2D eigenvalue weighted by atomic mass is 9.96. The molecule has 0 aliphatic carbocycles. The maximum Gasteiger partial charge on any atom is 0.130 e. The van der Waals surface area contributed by atoms with Crippen LogP contribution in [0.1, 0.15) is 28.3 Å². The van der Waals surface area contributed by atoms with Gasteiger partial charge < -0.3 is 5.32 Å². The highest BCUT2D eigenvalue weighted by Crippen LogP contribution is 2.24.